The van der Waals surface area contributed by atoms with E-state index in [0.717, 1.165) is 29.5 Å². The summed E-state index contributed by atoms with van der Waals surface area (Å²) in [4.78, 5) is 48.8. The van der Waals surface area contributed by atoms with Gasteiger partial charge in [0.1, 0.15) is 18.2 Å². The van der Waals surface area contributed by atoms with Gasteiger partial charge in [-0.2, -0.15) is 0 Å². The summed E-state index contributed by atoms with van der Waals surface area (Å²) in [5.41, 5.74) is 2.96. The van der Waals surface area contributed by atoms with Gasteiger partial charge in [0.25, 0.3) is 0 Å². The van der Waals surface area contributed by atoms with Crippen LogP contribution in [0, 0.1) is 35.5 Å². The van der Waals surface area contributed by atoms with Crippen molar-refractivity contribution < 1.29 is 29.0 Å². The SMILES string of the molecule is CC(C)C[C@H](C)C(=O)C[C@@H](Cc1ccccc1)C(=O)O.CC(C)C[C@H](C)C(=O)C[C@@H](Cc1ccccc1)C(=O)OCc1ccccc1. The molecule has 0 spiro atoms. The van der Waals surface area contributed by atoms with E-state index >= 15 is 0 Å². The predicted molar refractivity (Wildman–Crippen MR) is 188 cm³/mol. The van der Waals surface area contributed by atoms with E-state index in [1.807, 2.05) is 105 Å². The first-order valence-electron chi connectivity index (χ1n) is 16.9. The average Bonchev–Trinajstić information content (AvgIpc) is 3.04. The molecule has 0 aromatic heterocycles. The minimum atomic E-state index is -0.890. The van der Waals surface area contributed by atoms with Crippen LogP contribution in [0.5, 0.6) is 0 Å². The van der Waals surface area contributed by atoms with Gasteiger partial charge in [-0.1, -0.05) is 133 Å². The van der Waals surface area contributed by atoms with Gasteiger partial charge in [-0.25, -0.2) is 0 Å². The molecule has 0 aliphatic heterocycles. The quantitative estimate of drug-likeness (QED) is 0.139. The lowest BCUT2D eigenvalue weighted by Crippen LogP contribution is -2.26. The van der Waals surface area contributed by atoms with Crippen molar-refractivity contribution in [3.8, 4) is 0 Å². The molecule has 0 radical (unpaired) electrons. The number of ketones is 2. The normalized spacial score (nSPS) is 13.5. The Balaban J connectivity index is 0.000000343. The van der Waals surface area contributed by atoms with E-state index in [1.54, 1.807) is 0 Å². The highest BCUT2D eigenvalue weighted by Gasteiger charge is 2.27. The number of carbonyl (C=O) groups is 4. The van der Waals surface area contributed by atoms with Crippen molar-refractivity contribution in [1.29, 1.82) is 0 Å². The number of carbonyl (C=O) groups excluding carboxylic acids is 3. The molecule has 1 N–H and O–H groups in total. The molecule has 0 saturated heterocycles. The average molecular weight is 643 g/mol. The van der Waals surface area contributed by atoms with E-state index in [-0.39, 0.29) is 48.8 Å². The second-order valence-electron chi connectivity index (χ2n) is 13.6. The number of aliphatic carboxylic acids is 1. The molecule has 47 heavy (non-hydrogen) atoms. The van der Waals surface area contributed by atoms with Crippen molar-refractivity contribution in [2.45, 2.75) is 86.7 Å². The number of carboxylic acid groups (broad SMARTS) is 1. The molecule has 0 bridgehead atoms. The number of benzene rings is 3. The highest BCUT2D eigenvalue weighted by Crippen LogP contribution is 2.22. The first-order chi connectivity index (χ1) is 22.3. The Hall–Kier alpha value is -4.06. The largest absolute Gasteiger partial charge is 0.481 e. The first-order valence-corrected chi connectivity index (χ1v) is 16.9. The van der Waals surface area contributed by atoms with Crippen LogP contribution >= 0.6 is 0 Å². The van der Waals surface area contributed by atoms with E-state index in [9.17, 15) is 24.3 Å². The van der Waals surface area contributed by atoms with Gasteiger partial charge in [-0.15, -0.1) is 0 Å². The van der Waals surface area contributed by atoms with Crippen LogP contribution in [0.15, 0.2) is 91.0 Å². The Morgan fingerprint density at radius 2 is 0.915 bits per heavy atom. The van der Waals surface area contributed by atoms with Crippen molar-refractivity contribution in [1.82, 2.24) is 0 Å². The molecule has 0 unspecified atom stereocenters. The fourth-order valence-electron chi connectivity index (χ4n) is 5.69. The van der Waals surface area contributed by atoms with Crippen molar-refractivity contribution in [3.63, 3.8) is 0 Å². The Labute approximate surface area is 281 Å². The molecular formula is C41H54O6. The van der Waals surface area contributed by atoms with Crippen LogP contribution in [-0.2, 0) is 43.4 Å². The maximum atomic E-state index is 12.7. The number of esters is 1. The van der Waals surface area contributed by atoms with Gasteiger partial charge in [-0.3, -0.25) is 19.2 Å². The molecule has 0 saturated carbocycles. The molecule has 0 amide bonds. The summed E-state index contributed by atoms with van der Waals surface area (Å²) in [5.74, 6) is -1.25. The van der Waals surface area contributed by atoms with E-state index < -0.39 is 17.8 Å². The summed E-state index contributed by atoms with van der Waals surface area (Å²) in [6, 6.07) is 28.9. The number of Topliss-reactive ketones (excluding diaryl/α,β-unsaturated/α-hetero) is 2. The highest BCUT2D eigenvalue weighted by molar-refractivity contribution is 5.86. The molecule has 0 aliphatic carbocycles. The standard InChI is InChI=1S/C24H30O3.C17H24O3/c1-18(2)14-19(3)23(25)16-22(15-20-10-6-4-7-11-20)24(26)27-17-21-12-8-5-9-13-21;1-12(2)9-13(3)16(18)11-15(17(19)20)10-14-7-5-4-6-8-14/h4-13,18-19,22H,14-17H2,1-3H3;4-8,12-13,15H,9-11H2,1-3H3,(H,19,20)/t19-,22+;13-,15+/m00/s1. The fourth-order valence-corrected chi connectivity index (χ4v) is 5.69. The second-order valence-corrected chi connectivity index (χ2v) is 13.6. The zero-order valence-electron chi connectivity index (χ0n) is 29.1. The number of rotatable bonds is 18. The van der Waals surface area contributed by atoms with Gasteiger partial charge in [-0.05, 0) is 54.2 Å². The van der Waals surface area contributed by atoms with Crippen LogP contribution < -0.4 is 0 Å². The topological polar surface area (TPSA) is 97.7 Å². The molecule has 6 heteroatoms. The Morgan fingerprint density at radius 3 is 1.30 bits per heavy atom. The lowest BCUT2D eigenvalue weighted by molar-refractivity contribution is -0.151. The summed E-state index contributed by atoms with van der Waals surface area (Å²) in [5, 5.41) is 9.29. The summed E-state index contributed by atoms with van der Waals surface area (Å²) in [7, 11) is 0. The van der Waals surface area contributed by atoms with Crippen LogP contribution in [0.3, 0.4) is 0 Å². The molecule has 254 valence electrons. The summed E-state index contributed by atoms with van der Waals surface area (Å²) < 4.78 is 5.53. The third kappa shape index (κ3) is 15.9. The molecule has 0 fully saturated rings. The molecular weight excluding hydrogens is 588 g/mol. The third-order valence-electron chi connectivity index (χ3n) is 8.20. The van der Waals surface area contributed by atoms with Gasteiger partial charge in [0.05, 0.1) is 11.8 Å². The minimum absolute atomic E-state index is 0.0369. The van der Waals surface area contributed by atoms with Crippen LogP contribution in [0.1, 0.15) is 83.9 Å². The number of ether oxygens (including phenoxy) is 1. The van der Waals surface area contributed by atoms with Crippen LogP contribution in [-0.4, -0.2) is 28.6 Å². The lowest BCUT2D eigenvalue weighted by Gasteiger charge is -2.19. The van der Waals surface area contributed by atoms with Crippen LogP contribution in [0.25, 0.3) is 0 Å². The molecule has 4 atom stereocenters. The van der Waals surface area contributed by atoms with Gasteiger partial charge in [0.2, 0.25) is 0 Å². The summed E-state index contributed by atoms with van der Waals surface area (Å²) in [6.07, 6.45) is 2.95. The molecule has 3 rings (SSSR count). The number of hydrogen-bond donors (Lipinski definition) is 1. The lowest BCUT2D eigenvalue weighted by atomic mass is 9.87. The second kappa shape index (κ2) is 20.9. The van der Waals surface area contributed by atoms with Gasteiger partial charge >= 0.3 is 11.9 Å². The first kappa shape index (κ1) is 39.1. The van der Waals surface area contributed by atoms with E-state index in [0.29, 0.717) is 24.7 Å². The van der Waals surface area contributed by atoms with E-state index in [2.05, 4.69) is 27.7 Å². The fraction of sp³-hybridized carbons (Fsp3) is 0.463. The van der Waals surface area contributed by atoms with Crippen molar-refractivity contribution in [2.24, 2.45) is 35.5 Å². The Morgan fingerprint density at radius 1 is 0.553 bits per heavy atom. The van der Waals surface area contributed by atoms with Crippen LogP contribution in [0.4, 0.5) is 0 Å². The highest BCUT2D eigenvalue weighted by atomic mass is 16.5. The number of carboxylic acids is 1. The Kier molecular flexibility index (Phi) is 17.4. The minimum Gasteiger partial charge on any atom is -0.481 e. The summed E-state index contributed by atoms with van der Waals surface area (Å²) >= 11 is 0. The molecule has 3 aromatic rings. The van der Waals surface area contributed by atoms with Crippen LogP contribution in [0.2, 0.25) is 0 Å². The number of hydrogen-bond acceptors (Lipinski definition) is 5. The monoisotopic (exact) mass is 642 g/mol. The zero-order valence-corrected chi connectivity index (χ0v) is 29.1. The van der Waals surface area contributed by atoms with E-state index in [4.69, 9.17) is 4.74 Å². The zero-order chi connectivity index (χ0) is 34.8. The van der Waals surface area contributed by atoms with Gasteiger partial charge < -0.3 is 9.84 Å². The maximum Gasteiger partial charge on any atom is 0.310 e. The van der Waals surface area contributed by atoms with Gasteiger partial charge in [0.15, 0.2) is 0 Å². The summed E-state index contributed by atoms with van der Waals surface area (Å²) in [6.45, 7) is 12.4. The maximum absolute atomic E-state index is 12.7. The van der Waals surface area contributed by atoms with Crippen molar-refractivity contribution >= 4 is 23.5 Å². The molecule has 0 heterocycles. The molecule has 6 nitrogen and oxygen atoms in total. The van der Waals surface area contributed by atoms with Crippen molar-refractivity contribution in [3.05, 3.63) is 108 Å². The van der Waals surface area contributed by atoms with E-state index in [1.165, 1.54) is 0 Å². The Bertz CT molecular complexity index is 1350. The smallest absolute Gasteiger partial charge is 0.310 e. The third-order valence-corrected chi connectivity index (χ3v) is 8.20. The predicted octanol–water partition coefficient (Wildman–Crippen LogP) is 8.80. The van der Waals surface area contributed by atoms with Gasteiger partial charge in [0, 0.05) is 24.7 Å². The molecule has 0 aliphatic rings. The molecule has 3 aromatic carbocycles. The van der Waals surface area contributed by atoms with Crippen molar-refractivity contribution in [2.75, 3.05) is 0 Å².